The van der Waals surface area contributed by atoms with E-state index < -0.39 is 5.60 Å². The molecule has 0 aliphatic carbocycles. The molecule has 0 aliphatic heterocycles. The molecule has 23 heavy (non-hydrogen) atoms. The van der Waals surface area contributed by atoms with E-state index in [0.29, 0.717) is 24.5 Å². The van der Waals surface area contributed by atoms with E-state index in [9.17, 15) is 4.79 Å². The number of aromatic nitrogens is 1. The summed E-state index contributed by atoms with van der Waals surface area (Å²) < 4.78 is 11.1. The largest absolute Gasteiger partial charge is 0.494 e. The quantitative estimate of drug-likeness (QED) is 0.844. The van der Waals surface area contributed by atoms with Crippen LogP contribution in [0.3, 0.4) is 0 Å². The standard InChI is InChI=1S/C18H24N2O3/c1-5-12-23-18(3,6-2)17(21)20-14-9-10-15(22-4)16-13(14)8-7-11-19-16/h7-11H,5-6,12H2,1-4H3,(H,20,21). The van der Waals surface area contributed by atoms with Gasteiger partial charge in [-0.05, 0) is 44.0 Å². The minimum absolute atomic E-state index is 0.149. The molecule has 1 aromatic heterocycles. The molecule has 0 bridgehead atoms. The molecule has 1 unspecified atom stereocenters. The van der Waals surface area contributed by atoms with Crippen LogP contribution in [-0.4, -0.2) is 30.2 Å². The molecule has 1 amide bonds. The summed E-state index contributed by atoms with van der Waals surface area (Å²) in [5.74, 6) is 0.530. The molecule has 0 saturated carbocycles. The number of hydrogen-bond donors (Lipinski definition) is 1. The van der Waals surface area contributed by atoms with Crippen molar-refractivity contribution >= 4 is 22.5 Å². The third-order valence-electron chi connectivity index (χ3n) is 3.98. The Bertz CT molecular complexity index is 687. The Morgan fingerprint density at radius 2 is 2.09 bits per heavy atom. The van der Waals surface area contributed by atoms with Gasteiger partial charge in [0.15, 0.2) is 0 Å². The predicted octanol–water partition coefficient (Wildman–Crippen LogP) is 3.78. The molecular formula is C18H24N2O3. The molecule has 5 heteroatoms. The van der Waals surface area contributed by atoms with Crippen molar-refractivity contribution in [2.75, 3.05) is 19.0 Å². The number of nitrogens with zero attached hydrogens (tertiary/aromatic N) is 1. The van der Waals surface area contributed by atoms with Crippen LogP contribution in [0, 0.1) is 0 Å². The molecule has 1 atom stereocenters. The number of ether oxygens (including phenoxy) is 2. The summed E-state index contributed by atoms with van der Waals surface area (Å²) in [6.07, 6.45) is 3.18. The third kappa shape index (κ3) is 3.62. The van der Waals surface area contributed by atoms with Gasteiger partial charge in [-0.2, -0.15) is 0 Å². The molecular weight excluding hydrogens is 292 g/mol. The Morgan fingerprint density at radius 3 is 2.74 bits per heavy atom. The first-order valence-corrected chi connectivity index (χ1v) is 7.92. The van der Waals surface area contributed by atoms with E-state index in [-0.39, 0.29) is 5.91 Å². The molecule has 0 saturated heterocycles. The normalized spacial score (nSPS) is 13.6. The summed E-state index contributed by atoms with van der Waals surface area (Å²) >= 11 is 0. The highest BCUT2D eigenvalue weighted by Gasteiger charge is 2.32. The lowest BCUT2D eigenvalue weighted by Gasteiger charge is -2.27. The first-order chi connectivity index (χ1) is 11.1. The highest BCUT2D eigenvalue weighted by molar-refractivity contribution is 6.05. The predicted molar refractivity (Wildman–Crippen MR) is 91.9 cm³/mol. The molecule has 0 fully saturated rings. The van der Waals surface area contributed by atoms with Crippen LogP contribution < -0.4 is 10.1 Å². The molecule has 0 spiro atoms. The topological polar surface area (TPSA) is 60.5 Å². The average Bonchev–Trinajstić information content (AvgIpc) is 2.59. The number of nitrogens with one attached hydrogen (secondary N) is 1. The summed E-state index contributed by atoms with van der Waals surface area (Å²) in [5, 5.41) is 3.82. The van der Waals surface area contributed by atoms with Gasteiger partial charge >= 0.3 is 0 Å². The Kier molecular flexibility index (Phi) is 5.55. The second-order valence-corrected chi connectivity index (χ2v) is 5.60. The lowest BCUT2D eigenvalue weighted by Crippen LogP contribution is -2.42. The number of benzene rings is 1. The lowest BCUT2D eigenvalue weighted by molar-refractivity contribution is -0.139. The number of fused-ring (bicyclic) bond motifs is 1. The Balaban J connectivity index is 2.33. The van der Waals surface area contributed by atoms with Gasteiger partial charge < -0.3 is 14.8 Å². The van der Waals surface area contributed by atoms with Crippen molar-refractivity contribution < 1.29 is 14.3 Å². The molecule has 2 rings (SSSR count). The van der Waals surface area contributed by atoms with E-state index in [1.807, 2.05) is 39.0 Å². The van der Waals surface area contributed by atoms with Crippen LogP contribution in [0.1, 0.15) is 33.6 Å². The van der Waals surface area contributed by atoms with Crippen molar-refractivity contribution in [1.82, 2.24) is 4.98 Å². The van der Waals surface area contributed by atoms with Crippen LogP contribution in [-0.2, 0) is 9.53 Å². The second kappa shape index (κ2) is 7.42. The van der Waals surface area contributed by atoms with Gasteiger partial charge in [-0.25, -0.2) is 0 Å². The molecule has 0 aliphatic rings. The van der Waals surface area contributed by atoms with E-state index in [1.165, 1.54) is 0 Å². The smallest absolute Gasteiger partial charge is 0.256 e. The summed E-state index contributed by atoms with van der Waals surface area (Å²) in [6, 6.07) is 7.39. The fraction of sp³-hybridized carbons (Fsp3) is 0.444. The van der Waals surface area contributed by atoms with Gasteiger partial charge in [-0.3, -0.25) is 9.78 Å². The highest BCUT2D eigenvalue weighted by atomic mass is 16.5. The van der Waals surface area contributed by atoms with Crippen molar-refractivity contribution in [3.63, 3.8) is 0 Å². The van der Waals surface area contributed by atoms with E-state index >= 15 is 0 Å². The summed E-state index contributed by atoms with van der Waals surface area (Å²) in [5.41, 5.74) is 0.587. The lowest BCUT2D eigenvalue weighted by atomic mass is 10.0. The summed E-state index contributed by atoms with van der Waals surface area (Å²) in [7, 11) is 1.61. The van der Waals surface area contributed by atoms with Crippen molar-refractivity contribution in [2.24, 2.45) is 0 Å². The number of carbonyl (C=O) groups is 1. The molecule has 5 nitrogen and oxygen atoms in total. The molecule has 1 aromatic carbocycles. The highest BCUT2D eigenvalue weighted by Crippen LogP contribution is 2.30. The molecule has 1 heterocycles. The fourth-order valence-corrected chi connectivity index (χ4v) is 2.33. The second-order valence-electron chi connectivity index (χ2n) is 5.60. The van der Waals surface area contributed by atoms with Crippen molar-refractivity contribution in [3.05, 3.63) is 30.5 Å². The molecule has 1 N–H and O–H groups in total. The molecule has 0 radical (unpaired) electrons. The van der Waals surface area contributed by atoms with Crippen LogP contribution in [0.2, 0.25) is 0 Å². The summed E-state index contributed by atoms with van der Waals surface area (Å²) in [6.45, 7) is 6.35. The summed E-state index contributed by atoms with van der Waals surface area (Å²) in [4.78, 5) is 17.0. The van der Waals surface area contributed by atoms with Crippen LogP contribution in [0.15, 0.2) is 30.5 Å². The average molecular weight is 316 g/mol. The Labute approximate surface area is 137 Å². The third-order valence-corrected chi connectivity index (χ3v) is 3.98. The maximum Gasteiger partial charge on any atom is 0.256 e. The van der Waals surface area contributed by atoms with Gasteiger partial charge in [0.1, 0.15) is 16.9 Å². The SMILES string of the molecule is CCCOC(C)(CC)C(=O)Nc1ccc(OC)c2ncccc12. The Hall–Kier alpha value is -2.14. The van der Waals surface area contributed by atoms with Gasteiger partial charge in [0.05, 0.1) is 12.8 Å². The monoisotopic (exact) mass is 316 g/mol. The zero-order valence-corrected chi connectivity index (χ0v) is 14.2. The number of anilines is 1. The molecule has 2 aromatic rings. The van der Waals surface area contributed by atoms with Crippen LogP contribution in [0.4, 0.5) is 5.69 Å². The van der Waals surface area contributed by atoms with Gasteiger partial charge in [0.25, 0.3) is 5.91 Å². The maximum atomic E-state index is 12.7. The van der Waals surface area contributed by atoms with Crippen molar-refractivity contribution in [2.45, 2.75) is 39.2 Å². The fourth-order valence-electron chi connectivity index (χ4n) is 2.33. The van der Waals surface area contributed by atoms with Crippen molar-refractivity contribution in [1.29, 1.82) is 0 Å². The number of rotatable bonds is 7. The first-order valence-electron chi connectivity index (χ1n) is 7.92. The number of amides is 1. The van der Waals surface area contributed by atoms with Crippen LogP contribution in [0.5, 0.6) is 5.75 Å². The number of pyridine rings is 1. The van der Waals surface area contributed by atoms with E-state index in [4.69, 9.17) is 9.47 Å². The first kappa shape index (κ1) is 17.2. The van der Waals surface area contributed by atoms with E-state index in [0.717, 1.165) is 17.3 Å². The zero-order valence-electron chi connectivity index (χ0n) is 14.2. The maximum absolute atomic E-state index is 12.7. The number of carbonyl (C=O) groups excluding carboxylic acids is 1. The van der Waals surface area contributed by atoms with E-state index in [2.05, 4.69) is 10.3 Å². The minimum Gasteiger partial charge on any atom is -0.494 e. The minimum atomic E-state index is -0.843. The van der Waals surface area contributed by atoms with Gasteiger partial charge in [0, 0.05) is 18.2 Å². The zero-order chi connectivity index (χ0) is 16.9. The molecule has 124 valence electrons. The Morgan fingerprint density at radius 1 is 1.30 bits per heavy atom. The van der Waals surface area contributed by atoms with Crippen LogP contribution >= 0.6 is 0 Å². The number of methoxy groups -OCH3 is 1. The van der Waals surface area contributed by atoms with Crippen LogP contribution in [0.25, 0.3) is 10.9 Å². The van der Waals surface area contributed by atoms with Gasteiger partial charge in [-0.15, -0.1) is 0 Å². The van der Waals surface area contributed by atoms with E-state index in [1.54, 1.807) is 19.4 Å². The van der Waals surface area contributed by atoms with Gasteiger partial charge in [0.2, 0.25) is 0 Å². The van der Waals surface area contributed by atoms with Gasteiger partial charge in [-0.1, -0.05) is 13.8 Å². The van der Waals surface area contributed by atoms with Crippen molar-refractivity contribution in [3.8, 4) is 5.75 Å². The number of hydrogen-bond acceptors (Lipinski definition) is 4.